The second kappa shape index (κ2) is 7.89. The van der Waals surface area contributed by atoms with Gasteiger partial charge in [0.05, 0.1) is 14.2 Å². The van der Waals surface area contributed by atoms with Crippen molar-refractivity contribution in [3.05, 3.63) is 51.7 Å². The van der Waals surface area contributed by atoms with Gasteiger partial charge in [0.25, 0.3) is 0 Å². The molecule has 36 heavy (non-hydrogen) atoms. The number of carbonyl (C=O) groups is 3. The highest BCUT2D eigenvalue weighted by molar-refractivity contribution is 6.36. The summed E-state index contributed by atoms with van der Waals surface area (Å²) >= 11 is 6.52. The van der Waals surface area contributed by atoms with Crippen LogP contribution in [0.4, 0.5) is 0 Å². The maximum atomic E-state index is 14.3. The van der Waals surface area contributed by atoms with Gasteiger partial charge in [0, 0.05) is 35.6 Å². The Hall–Kier alpha value is -3.72. The summed E-state index contributed by atoms with van der Waals surface area (Å²) in [5.41, 5.74) is -0.192. The highest BCUT2D eigenvalue weighted by Crippen LogP contribution is 2.55. The molecule has 6 rings (SSSR count). The Balaban J connectivity index is 1.49. The summed E-state index contributed by atoms with van der Waals surface area (Å²) in [6.07, 6.45) is 0.290. The van der Waals surface area contributed by atoms with Crippen LogP contribution in [0.25, 0.3) is 0 Å². The average molecular weight is 512 g/mol. The number of benzene rings is 2. The zero-order valence-corrected chi connectivity index (χ0v) is 20.5. The number of methoxy groups -OCH3 is 2. The van der Waals surface area contributed by atoms with E-state index < -0.39 is 29.0 Å². The Morgan fingerprint density at radius 2 is 1.75 bits per heavy atom. The van der Waals surface area contributed by atoms with Gasteiger partial charge in [-0.1, -0.05) is 24.6 Å². The van der Waals surface area contributed by atoms with Crippen molar-refractivity contribution >= 4 is 29.1 Å². The maximum absolute atomic E-state index is 14.3. The summed E-state index contributed by atoms with van der Waals surface area (Å²) < 4.78 is 27.9. The van der Waals surface area contributed by atoms with Crippen LogP contribution >= 0.6 is 11.6 Å². The maximum Gasteiger partial charge on any atom is 0.236 e. The largest absolute Gasteiger partial charge is 0.496 e. The lowest BCUT2D eigenvalue weighted by Gasteiger charge is -2.41. The molecule has 10 heteroatoms. The standard InChI is InChI=1S/C26H22ClNO8/c1-11-6-14-20(13(8-19(29)28-14)12-4-5-15-16(7-12)35-10-34-15)24(30)26(11)25(31)21-17(32-2)9-18(33-3)22(27)23(21)36-26/h4-5,7,9,11,13H,6,8,10H2,1-3H3,(H,28,29)/t11-,13-,26+/m1/s1. The minimum Gasteiger partial charge on any atom is -0.496 e. The van der Waals surface area contributed by atoms with Crippen molar-refractivity contribution in [2.24, 2.45) is 5.92 Å². The van der Waals surface area contributed by atoms with Crippen LogP contribution in [-0.2, 0) is 9.59 Å². The fourth-order valence-electron chi connectivity index (χ4n) is 5.60. The van der Waals surface area contributed by atoms with Gasteiger partial charge in [-0.3, -0.25) is 14.4 Å². The monoisotopic (exact) mass is 511 g/mol. The lowest BCUT2D eigenvalue weighted by atomic mass is 9.66. The number of rotatable bonds is 3. The minimum absolute atomic E-state index is 0.0354. The zero-order valence-electron chi connectivity index (χ0n) is 19.7. The fourth-order valence-corrected chi connectivity index (χ4v) is 5.87. The Morgan fingerprint density at radius 3 is 2.50 bits per heavy atom. The van der Waals surface area contributed by atoms with Gasteiger partial charge in [-0.05, 0) is 24.1 Å². The number of hydrogen-bond donors (Lipinski definition) is 1. The van der Waals surface area contributed by atoms with Gasteiger partial charge < -0.3 is 29.0 Å². The summed E-state index contributed by atoms with van der Waals surface area (Å²) in [6, 6.07) is 6.82. The number of amides is 1. The smallest absolute Gasteiger partial charge is 0.236 e. The van der Waals surface area contributed by atoms with Crippen molar-refractivity contribution in [3.8, 4) is 28.7 Å². The number of hydrogen-bond acceptors (Lipinski definition) is 8. The topological polar surface area (TPSA) is 109 Å². The molecule has 1 aliphatic carbocycles. The van der Waals surface area contributed by atoms with E-state index in [1.807, 2.05) is 0 Å². The van der Waals surface area contributed by atoms with Crippen LogP contribution in [0.15, 0.2) is 35.5 Å². The molecule has 9 nitrogen and oxygen atoms in total. The molecule has 1 N–H and O–H groups in total. The zero-order chi connectivity index (χ0) is 25.4. The van der Waals surface area contributed by atoms with Gasteiger partial charge in [-0.25, -0.2) is 0 Å². The molecule has 186 valence electrons. The first kappa shape index (κ1) is 22.7. The number of fused-ring (bicyclic) bond motifs is 2. The van der Waals surface area contributed by atoms with Crippen LogP contribution in [0.2, 0.25) is 5.02 Å². The molecule has 4 aliphatic rings. The lowest BCUT2D eigenvalue weighted by molar-refractivity contribution is -0.131. The quantitative estimate of drug-likeness (QED) is 0.623. The predicted octanol–water partition coefficient (Wildman–Crippen LogP) is 3.57. The van der Waals surface area contributed by atoms with Crippen molar-refractivity contribution in [2.75, 3.05) is 21.0 Å². The molecule has 3 aliphatic heterocycles. The number of Topliss-reactive ketones (excluding diaryl/α,β-unsaturated/α-hetero) is 2. The van der Waals surface area contributed by atoms with Gasteiger partial charge in [-0.2, -0.15) is 0 Å². The number of ether oxygens (including phenoxy) is 5. The first-order valence-corrected chi connectivity index (χ1v) is 11.8. The molecule has 2 aromatic carbocycles. The van der Waals surface area contributed by atoms with Crippen LogP contribution in [0.1, 0.15) is 41.6 Å². The van der Waals surface area contributed by atoms with Crippen molar-refractivity contribution in [1.29, 1.82) is 0 Å². The number of carbonyl (C=O) groups excluding carboxylic acids is 3. The Bertz CT molecular complexity index is 1400. The normalized spacial score (nSPS) is 25.9. The van der Waals surface area contributed by atoms with Crippen LogP contribution in [-0.4, -0.2) is 44.1 Å². The van der Waals surface area contributed by atoms with Gasteiger partial charge >= 0.3 is 0 Å². The summed E-state index contributed by atoms with van der Waals surface area (Å²) in [5, 5.41) is 2.94. The molecule has 0 aromatic heterocycles. The molecule has 3 heterocycles. The molecule has 0 saturated carbocycles. The number of allylic oxidation sites excluding steroid dienone is 1. The van der Waals surface area contributed by atoms with Crippen LogP contribution in [0.3, 0.4) is 0 Å². The summed E-state index contributed by atoms with van der Waals surface area (Å²) in [5.74, 6) is -0.761. The number of ketones is 2. The molecule has 0 radical (unpaired) electrons. The van der Waals surface area contributed by atoms with E-state index in [-0.39, 0.29) is 53.4 Å². The highest BCUT2D eigenvalue weighted by atomic mass is 35.5. The molecule has 0 unspecified atom stereocenters. The SMILES string of the molecule is COc1cc(OC)c2c(c1Cl)O[C@@]1(C(=O)C3=C(C[C@H]1C)NC(=O)C[C@@H]3c1ccc3c(c1)OCO3)C2=O. The second-order valence-corrected chi connectivity index (χ2v) is 9.59. The van der Waals surface area contributed by atoms with Crippen LogP contribution in [0, 0.1) is 5.92 Å². The van der Waals surface area contributed by atoms with Crippen molar-refractivity contribution in [1.82, 2.24) is 5.32 Å². The van der Waals surface area contributed by atoms with E-state index in [1.165, 1.54) is 20.3 Å². The molecule has 0 fully saturated rings. The summed E-state index contributed by atoms with van der Waals surface area (Å²) in [6.45, 7) is 1.85. The van der Waals surface area contributed by atoms with Crippen molar-refractivity contribution < 1.29 is 38.1 Å². The first-order chi connectivity index (χ1) is 17.3. The van der Waals surface area contributed by atoms with Crippen molar-refractivity contribution in [2.45, 2.75) is 31.3 Å². The third-order valence-electron chi connectivity index (χ3n) is 7.36. The third-order valence-corrected chi connectivity index (χ3v) is 7.72. The van der Waals surface area contributed by atoms with Gasteiger partial charge in [0.15, 0.2) is 17.2 Å². The van der Waals surface area contributed by atoms with Gasteiger partial charge in [0.2, 0.25) is 29.9 Å². The summed E-state index contributed by atoms with van der Waals surface area (Å²) in [4.78, 5) is 41.0. The molecule has 1 spiro atoms. The molecular formula is C26H22ClNO8. The minimum atomic E-state index is -1.85. The number of halogens is 1. The van der Waals surface area contributed by atoms with E-state index in [4.69, 9.17) is 35.3 Å². The van der Waals surface area contributed by atoms with E-state index in [0.717, 1.165) is 0 Å². The van der Waals surface area contributed by atoms with E-state index in [1.54, 1.807) is 25.1 Å². The van der Waals surface area contributed by atoms with Crippen LogP contribution in [0.5, 0.6) is 28.7 Å². The fraction of sp³-hybridized carbons (Fsp3) is 0.346. The van der Waals surface area contributed by atoms with Crippen LogP contribution < -0.4 is 29.0 Å². The van der Waals surface area contributed by atoms with E-state index in [9.17, 15) is 14.4 Å². The molecular weight excluding hydrogens is 490 g/mol. The Kier molecular flexibility index (Phi) is 4.98. The highest BCUT2D eigenvalue weighted by Gasteiger charge is 2.63. The van der Waals surface area contributed by atoms with Crippen molar-refractivity contribution in [3.63, 3.8) is 0 Å². The first-order valence-electron chi connectivity index (χ1n) is 11.5. The third kappa shape index (κ3) is 2.92. The molecule has 3 atom stereocenters. The molecule has 1 amide bonds. The van der Waals surface area contributed by atoms with E-state index in [0.29, 0.717) is 28.3 Å². The lowest BCUT2D eigenvalue weighted by Crippen LogP contribution is -2.59. The van der Waals surface area contributed by atoms with Gasteiger partial charge in [0.1, 0.15) is 22.1 Å². The average Bonchev–Trinajstić information content (AvgIpc) is 3.46. The predicted molar refractivity (Wildman–Crippen MR) is 126 cm³/mol. The Labute approximate surface area is 211 Å². The van der Waals surface area contributed by atoms with E-state index in [2.05, 4.69) is 5.32 Å². The van der Waals surface area contributed by atoms with Gasteiger partial charge in [-0.15, -0.1) is 0 Å². The molecule has 2 aromatic rings. The van der Waals surface area contributed by atoms with E-state index >= 15 is 0 Å². The molecule has 0 bridgehead atoms. The number of nitrogens with one attached hydrogen (secondary N) is 1. The second-order valence-electron chi connectivity index (χ2n) is 9.21. The Morgan fingerprint density at radius 1 is 1.00 bits per heavy atom. The molecule has 0 saturated heterocycles. The summed E-state index contributed by atoms with van der Waals surface area (Å²) in [7, 11) is 2.85.